The highest BCUT2D eigenvalue weighted by Crippen LogP contribution is 2.22. The average molecular weight is 267 g/mol. The van der Waals surface area contributed by atoms with Crippen LogP contribution in [0.2, 0.25) is 0 Å². The molecule has 0 fully saturated rings. The van der Waals surface area contributed by atoms with Gasteiger partial charge in [-0.05, 0) is 25.7 Å². The molecule has 0 saturated carbocycles. The summed E-state index contributed by atoms with van der Waals surface area (Å²) in [5, 5.41) is 0. The fourth-order valence-electron chi connectivity index (χ4n) is 2.92. The van der Waals surface area contributed by atoms with Crippen LogP contribution in [0.5, 0.6) is 0 Å². The Morgan fingerprint density at radius 1 is 0.684 bits per heavy atom. The zero-order valence-corrected chi connectivity index (χ0v) is 13.9. The Morgan fingerprint density at radius 2 is 1.32 bits per heavy atom. The van der Waals surface area contributed by atoms with E-state index in [0.29, 0.717) is 0 Å². The molecule has 0 N–H and O–H groups in total. The molecule has 0 aromatic rings. The van der Waals surface area contributed by atoms with Crippen molar-refractivity contribution in [3.8, 4) is 0 Å². The van der Waals surface area contributed by atoms with E-state index in [1.807, 2.05) is 0 Å². The standard InChI is InChI=1S/C19H38/c1-4-7-9-10-11-12-13-15-18-19(16-6-3)17-14-8-5-2/h4,7,19H,5-6,8-18H2,1-3H3. The van der Waals surface area contributed by atoms with Crippen molar-refractivity contribution >= 4 is 0 Å². The lowest BCUT2D eigenvalue weighted by atomic mass is 9.91. The first-order valence-electron chi connectivity index (χ1n) is 8.96. The molecule has 0 saturated heterocycles. The van der Waals surface area contributed by atoms with Crippen molar-refractivity contribution in [3.63, 3.8) is 0 Å². The monoisotopic (exact) mass is 266 g/mol. The number of unbranched alkanes of at least 4 members (excludes halogenated alkanes) is 7. The van der Waals surface area contributed by atoms with E-state index >= 15 is 0 Å². The predicted octanol–water partition coefficient (Wildman–Crippen LogP) is 7.29. The zero-order chi connectivity index (χ0) is 14.2. The maximum Gasteiger partial charge on any atom is -0.0351 e. The minimum Gasteiger partial charge on any atom is -0.0917 e. The van der Waals surface area contributed by atoms with Gasteiger partial charge in [0, 0.05) is 0 Å². The van der Waals surface area contributed by atoms with Crippen molar-refractivity contribution in [2.45, 2.75) is 104 Å². The van der Waals surface area contributed by atoms with Crippen LogP contribution in [0.25, 0.3) is 0 Å². The van der Waals surface area contributed by atoms with E-state index in [1.54, 1.807) is 0 Å². The fraction of sp³-hybridized carbons (Fsp3) is 0.895. The van der Waals surface area contributed by atoms with Crippen LogP contribution in [-0.2, 0) is 0 Å². The quantitative estimate of drug-likeness (QED) is 0.229. The SMILES string of the molecule is CC=CCCCCCCCC(CCC)CCCCC. The Morgan fingerprint density at radius 3 is 1.95 bits per heavy atom. The van der Waals surface area contributed by atoms with Gasteiger partial charge in [0.25, 0.3) is 0 Å². The molecule has 0 aliphatic carbocycles. The van der Waals surface area contributed by atoms with Gasteiger partial charge in [-0.2, -0.15) is 0 Å². The number of allylic oxidation sites excluding steroid dienone is 2. The molecule has 0 spiro atoms. The molecule has 0 bridgehead atoms. The third kappa shape index (κ3) is 14.0. The molecule has 0 heterocycles. The first-order chi connectivity index (χ1) is 9.35. The van der Waals surface area contributed by atoms with Crippen molar-refractivity contribution in [2.24, 2.45) is 5.92 Å². The van der Waals surface area contributed by atoms with Gasteiger partial charge in [-0.3, -0.25) is 0 Å². The number of hydrogen-bond donors (Lipinski definition) is 0. The van der Waals surface area contributed by atoms with E-state index in [9.17, 15) is 0 Å². The first-order valence-corrected chi connectivity index (χ1v) is 8.96. The maximum atomic E-state index is 2.34. The van der Waals surface area contributed by atoms with Gasteiger partial charge in [0.15, 0.2) is 0 Å². The lowest BCUT2D eigenvalue weighted by molar-refractivity contribution is 0.380. The van der Waals surface area contributed by atoms with Crippen LogP contribution >= 0.6 is 0 Å². The van der Waals surface area contributed by atoms with E-state index in [4.69, 9.17) is 0 Å². The highest BCUT2D eigenvalue weighted by molar-refractivity contribution is 4.76. The van der Waals surface area contributed by atoms with Gasteiger partial charge in [-0.15, -0.1) is 0 Å². The number of hydrogen-bond acceptors (Lipinski definition) is 0. The molecule has 0 heteroatoms. The summed E-state index contributed by atoms with van der Waals surface area (Å²) in [6.45, 7) is 6.77. The van der Waals surface area contributed by atoms with Gasteiger partial charge >= 0.3 is 0 Å². The Bertz CT molecular complexity index is 180. The van der Waals surface area contributed by atoms with Gasteiger partial charge in [-0.25, -0.2) is 0 Å². The first kappa shape index (κ1) is 18.7. The molecule has 0 amide bonds. The van der Waals surface area contributed by atoms with Gasteiger partial charge in [0.2, 0.25) is 0 Å². The Hall–Kier alpha value is -0.260. The van der Waals surface area contributed by atoms with E-state index in [2.05, 4.69) is 32.9 Å². The molecular formula is C19H38. The van der Waals surface area contributed by atoms with Crippen LogP contribution in [0, 0.1) is 5.92 Å². The van der Waals surface area contributed by atoms with Crippen molar-refractivity contribution in [1.29, 1.82) is 0 Å². The largest absolute Gasteiger partial charge is 0.0917 e. The minimum atomic E-state index is 1.03. The van der Waals surface area contributed by atoms with Crippen molar-refractivity contribution in [1.82, 2.24) is 0 Å². The van der Waals surface area contributed by atoms with Gasteiger partial charge in [-0.1, -0.05) is 96.6 Å². The molecule has 1 unspecified atom stereocenters. The summed E-state index contributed by atoms with van der Waals surface area (Å²) in [6.07, 6.45) is 23.0. The summed E-state index contributed by atoms with van der Waals surface area (Å²) in [5.74, 6) is 1.03. The van der Waals surface area contributed by atoms with Crippen molar-refractivity contribution < 1.29 is 0 Å². The van der Waals surface area contributed by atoms with Crippen molar-refractivity contribution in [3.05, 3.63) is 12.2 Å². The molecule has 114 valence electrons. The van der Waals surface area contributed by atoms with Crippen LogP contribution in [0.4, 0.5) is 0 Å². The third-order valence-corrected chi connectivity index (χ3v) is 4.13. The highest BCUT2D eigenvalue weighted by atomic mass is 14.1. The Labute approximate surface area is 123 Å². The molecule has 19 heavy (non-hydrogen) atoms. The van der Waals surface area contributed by atoms with Crippen LogP contribution in [0.15, 0.2) is 12.2 Å². The molecule has 0 rings (SSSR count). The molecule has 1 atom stereocenters. The number of rotatable bonds is 14. The summed E-state index contributed by atoms with van der Waals surface area (Å²) >= 11 is 0. The smallest absolute Gasteiger partial charge is 0.0351 e. The fourth-order valence-corrected chi connectivity index (χ4v) is 2.92. The van der Waals surface area contributed by atoms with E-state index in [0.717, 1.165) is 5.92 Å². The third-order valence-electron chi connectivity index (χ3n) is 4.13. The minimum absolute atomic E-state index is 1.03. The molecule has 0 aliphatic rings. The van der Waals surface area contributed by atoms with E-state index in [1.165, 1.54) is 83.5 Å². The topological polar surface area (TPSA) is 0 Å². The maximum absolute atomic E-state index is 2.34. The van der Waals surface area contributed by atoms with Crippen LogP contribution in [-0.4, -0.2) is 0 Å². The molecule has 0 aromatic carbocycles. The van der Waals surface area contributed by atoms with Gasteiger partial charge in [0.05, 0.1) is 0 Å². The molecule has 0 aromatic heterocycles. The average Bonchev–Trinajstić information content (AvgIpc) is 2.42. The van der Waals surface area contributed by atoms with Crippen molar-refractivity contribution in [2.75, 3.05) is 0 Å². The highest BCUT2D eigenvalue weighted by Gasteiger charge is 2.06. The summed E-state index contributed by atoms with van der Waals surface area (Å²) in [6, 6.07) is 0. The molecule has 0 radical (unpaired) electrons. The van der Waals surface area contributed by atoms with Gasteiger partial charge < -0.3 is 0 Å². The lowest BCUT2D eigenvalue weighted by Gasteiger charge is -2.15. The van der Waals surface area contributed by atoms with Crippen LogP contribution in [0.3, 0.4) is 0 Å². The van der Waals surface area contributed by atoms with Gasteiger partial charge in [0.1, 0.15) is 0 Å². The second kappa shape index (κ2) is 15.8. The summed E-state index contributed by atoms with van der Waals surface area (Å²) in [7, 11) is 0. The Kier molecular flexibility index (Phi) is 15.6. The second-order valence-electron chi connectivity index (χ2n) is 6.06. The lowest BCUT2D eigenvalue weighted by Crippen LogP contribution is -2.00. The predicted molar refractivity (Wildman–Crippen MR) is 89.7 cm³/mol. The van der Waals surface area contributed by atoms with E-state index < -0.39 is 0 Å². The van der Waals surface area contributed by atoms with Crippen LogP contribution in [0.1, 0.15) is 104 Å². The Balaban J connectivity index is 3.41. The zero-order valence-electron chi connectivity index (χ0n) is 13.9. The summed E-state index contributed by atoms with van der Waals surface area (Å²) in [5.41, 5.74) is 0. The molecule has 0 aliphatic heterocycles. The second-order valence-corrected chi connectivity index (χ2v) is 6.06. The molecular weight excluding hydrogens is 228 g/mol. The summed E-state index contributed by atoms with van der Waals surface area (Å²) < 4.78 is 0. The molecule has 0 nitrogen and oxygen atoms in total. The van der Waals surface area contributed by atoms with Crippen LogP contribution < -0.4 is 0 Å². The normalized spacial score (nSPS) is 13.2. The van der Waals surface area contributed by atoms with E-state index in [-0.39, 0.29) is 0 Å². The summed E-state index contributed by atoms with van der Waals surface area (Å²) in [4.78, 5) is 0.